The summed E-state index contributed by atoms with van der Waals surface area (Å²) in [5, 5.41) is 8.83. The number of ketones is 1. The maximum atomic E-state index is 12.1. The van der Waals surface area contributed by atoms with E-state index in [0.717, 1.165) is 11.1 Å². The summed E-state index contributed by atoms with van der Waals surface area (Å²) in [5.74, 6) is -0.897. The first-order chi connectivity index (χ1) is 10.1. The molecule has 0 aliphatic carbocycles. The normalized spacial score (nSPS) is 11.2. The number of carboxylic acids is 1. The van der Waals surface area contributed by atoms with E-state index in [9.17, 15) is 9.59 Å². The molecule has 2 aromatic rings. The number of carbonyl (C=O) groups excluding carboxylic acids is 1. The SMILES string of the molecule is C/C(=C\c1ccc(C(=O)Cc2ccccc2)cc1)C(=O)O. The van der Waals surface area contributed by atoms with Gasteiger partial charge in [-0.25, -0.2) is 4.79 Å². The molecule has 2 aromatic carbocycles. The molecule has 0 aliphatic heterocycles. The number of carboxylic acid groups (broad SMARTS) is 1. The minimum atomic E-state index is -0.945. The Morgan fingerprint density at radius 2 is 1.62 bits per heavy atom. The third kappa shape index (κ3) is 4.14. The molecule has 0 fully saturated rings. The highest BCUT2D eigenvalue weighted by Gasteiger charge is 2.07. The summed E-state index contributed by atoms with van der Waals surface area (Å²) >= 11 is 0. The van der Waals surface area contributed by atoms with E-state index in [1.165, 1.54) is 6.92 Å². The zero-order valence-corrected chi connectivity index (χ0v) is 11.7. The fourth-order valence-electron chi connectivity index (χ4n) is 1.96. The van der Waals surface area contributed by atoms with Crippen LogP contribution in [0.4, 0.5) is 0 Å². The van der Waals surface area contributed by atoms with Crippen LogP contribution in [0.15, 0.2) is 60.2 Å². The van der Waals surface area contributed by atoms with Crippen LogP contribution in [0.5, 0.6) is 0 Å². The lowest BCUT2D eigenvalue weighted by Crippen LogP contribution is -2.03. The molecule has 2 rings (SSSR count). The predicted octanol–water partition coefficient (Wildman–Crippen LogP) is 3.60. The molecule has 0 spiro atoms. The largest absolute Gasteiger partial charge is 0.478 e. The third-order valence-electron chi connectivity index (χ3n) is 3.16. The average Bonchev–Trinajstić information content (AvgIpc) is 2.48. The lowest BCUT2D eigenvalue weighted by molar-refractivity contribution is -0.132. The molecule has 0 radical (unpaired) electrons. The van der Waals surface area contributed by atoms with Crippen LogP contribution in [0.3, 0.4) is 0 Å². The van der Waals surface area contributed by atoms with Gasteiger partial charge >= 0.3 is 5.97 Å². The lowest BCUT2D eigenvalue weighted by atomic mass is 10.0. The molecule has 0 amide bonds. The van der Waals surface area contributed by atoms with Crippen LogP contribution in [0.1, 0.15) is 28.4 Å². The molecule has 0 aliphatic rings. The Labute approximate surface area is 123 Å². The number of Topliss-reactive ketones (excluding diaryl/α,β-unsaturated/α-hetero) is 1. The molecule has 0 aromatic heterocycles. The summed E-state index contributed by atoms with van der Waals surface area (Å²) < 4.78 is 0. The van der Waals surface area contributed by atoms with Crippen molar-refractivity contribution in [1.29, 1.82) is 0 Å². The van der Waals surface area contributed by atoms with E-state index in [-0.39, 0.29) is 11.4 Å². The molecule has 0 unspecified atom stereocenters. The molecule has 0 saturated heterocycles. The minimum Gasteiger partial charge on any atom is -0.478 e. The molecular formula is C18H16O3. The van der Waals surface area contributed by atoms with Gasteiger partial charge in [-0.05, 0) is 24.1 Å². The average molecular weight is 280 g/mol. The van der Waals surface area contributed by atoms with Gasteiger partial charge < -0.3 is 5.11 Å². The summed E-state index contributed by atoms with van der Waals surface area (Å²) in [6.07, 6.45) is 1.94. The summed E-state index contributed by atoms with van der Waals surface area (Å²) in [4.78, 5) is 22.9. The number of carbonyl (C=O) groups is 2. The van der Waals surface area contributed by atoms with Crippen molar-refractivity contribution in [2.24, 2.45) is 0 Å². The number of rotatable bonds is 5. The van der Waals surface area contributed by atoms with Crippen LogP contribution < -0.4 is 0 Å². The first-order valence-electron chi connectivity index (χ1n) is 6.65. The van der Waals surface area contributed by atoms with Crippen LogP contribution in [0.25, 0.3) is 6.08 Å². The Hall–Kier alpha value is -2.68. The summed E-state index contributed by atoms with van der Waals surface area (Å²) in [5.41, 5.74) is 2.64. The zero-order chi connectivity index (χ0) is 15.2. The van der Waals surface area contributed by atoms with Crippen LogP contribution in [0, 0.1) is 0 Å². The highest BCUT2D eigenvalue weighted by Crippen LogP contribution is 2.12. The van der Waals surface area contributed by atoms with Gasteiger partial charge in [0.2, 0.25) is 0 Å². The van der Waals surface area contributed by atoms with Crippen molar-refractivity contribution >= 4 is 17.8 Å². The highest BCUT2D eigenvalue weighted by molar-refractivity contribution is 5.98. The van der Waals surface area contributed by atoms with Gasteiger partial charge in [-0.15, -0.1) is 0 Å². The molecule has 0 heterocycles. The molecule has 1 N–H and O–H groups in total. The van der Waals surface area contributed by atoms with Gasteiger partial charge in [-0.3, -0.25) is 4.79 Å². The van der Waals surface area contributed by atoms with Gasteiger partial charge in [0, 0.05) is 17.6 Å². The van der Waals surface area contributed by atoms with Gasteiger partial charge in [0.05, 0.1) is 0 Å². The molecule has 3 heteroatoms. The lowest BCUT2D eigenvalue weighted by Gasteiger charge is -2.02. The monoisotopic (exact) mass is 280 g/mol. The molecule has 21 heavy (non-hydrogen) atoms. The van der Waals surface area contributed by atoms with Crippen LogP contribution in [0.2, 0.25) is 0 Å². The molecule has 106 valence electrons. The summed E-state index contributed by atoms with van der Waals surface area (Å²) in [6, 6.07) is 16.5. The fraction of sp³-hybridized carbons (Fsp3) is 0.111. The van der Waals surface area contributed by atoms with Crippen molar-refractivity contribution in [3.05, 3.63) is 76.9 Å². The van der Waals surface area contributed by atoms with E-state index in [2.05, 4.69) is 0 Å². The molecular weight excluding hydrogens is 264 g/mol. The van der Waals surface area contributed by atoms with E-state index < -0.39 is 5.97 Å². The Morgan fingerprint density at radius 1 is 1.00 bits per heavy atom. The van der Waals surface area contributed by atoms with Crippen molar-refractivity contribution in [2.45, 2.75) is 13.3 Å². The Balaban J connectivity index is 2.10. The third-order valence-corrected chi connectivity index (χ3v) is 3.16. The maximum absolute atomic E-state index is 12.1. The Bertz CT molecular complexity index is 667. The van der Waals surface area contributed by atoms with Crippen molar-refractivity contribution in [3.8, 4) is 0 Å². The van der Waals surface area contributed by atoms with Crippen molar-refractivity contribution in [3.63, 3.8) is 0 Å². The van der Waals surface area contributed by atoms with Gasteiger partial charge in [0.15, 0.2) is 5.78 Å². The van der Waals surface area contributed by atoms with Crippen molar-refractivity contribution in [1.82, 2.24) is 0 Å². The second-order valence-corrected chi connectivity index (χ2v) is 4.84. The first kappa shape index (κ1) is 14.7. The maximum Gasteiger partial charge on any atom is 0.331 e. The van der Waals surface area contributed by atoms with E-state index in [0.29, 0.717) is 12.0 Å². The summed E-state index contributed by atoms with van der Waals surface area (Å²) in [7, 11) is 0. The Kier molecular flexibility index (Phi) is 4.67. The fourth-order valence-corrected chi connectivity index (χ4v) is 1.96. The second-order valence-electron chi connectivity index (χ2n) is 4.84. The number of hydrogen-bond acceptors (Lipinski definition) is 2. The van der Waals surface area contributed by atoms with Gasteiger partial charge in [0.1, 0.15) is 0 Å². The molecule has 3 nitrogen and oxygen atoms in total. The van der Waals surface area contributed by atoms with Crippen LogP contribution in [-0.4, -0.2) is 16.9 Å². The van der Waals surface area contributed by atoms with Gasteiger partial charge in [-0.2, -0.15) is 0 Å². The standard InChI is InChI=1S/C18H16O3/c1-13(18(20)21)11-15-7-9-16(10-8-15)17(19)12-14-5-3-2-4-6-14/h2-11H,12H2,1H3,(H,20,21)/b13-11+. The van der Waals surface area contributed by atoms with Gasteiger partial charge in [-0.1, -0.05) is 54.6 Å². The highest BCUT2D eigenvalue weighted by atomic mass is 16.4. The van der Waals surface area contributed by atoms with E-state index >= 15 is 0 Å². The van der Waals surface area contributed by atoms with Crippen molar-refractivity contribution in [2.75, 3.05) is 0 Å². The topological polar surface area (TPSA) is 54.4 Å². The Morgan fingerprint density at radius 3 is 2.19 bits per heavy atom. The number of aliphatic carboxylic acids is 1. The van der Waals surface area contributed by atoms with E-state index in [1.807, 2.05) is 30.3 Å². The van der Waals surface area contributed by atoms with Gasteiger partial charge in [0.25, 0.3) is 0 Å². The quantitative estimate of drug-likeness (QED) is 0.672. The predicted molar refractivity (Wildman–Crippen MR) is 82.2 cm³/mol. The van der Waals surface area contributed by atoms with E-state index in [1.54, 1.807) is 30.3 Å². The number of benzene rings is 2. The van der Waals surface area contributed by atoms with Crippen LogP contribution in [-0.2, 0) is 11.2 Å². The second kappa shape index (κ2) is 6.66. The molecule has 0 bridgehead atoms. The molecule has 0 saturated carbocycles. The zero-order valence-electron chi connectivity index (χ0n) is 11.7. The van der Waals surface area contributed by atoms with Crippen LogP contribution >= 0.6 is 0 Å². The van der Waals surface area contributed by atoms with E-state index in [4.69, 9.17) is 5.11 Å². The minimum absolute atomic E-state index is 0.0479. The number of hydrogen-bond donors (Lipinski definition) is 1. The summed E-state index contributed by atoms with van der Waals surface area (Å²) in [6.45, 7) is 1.54. The molecule has 0 atom stereocenters. The van der Waals surface area contributed by atoms with Crippen molar-refractivity contribution < 1.29 is 14.7 Å². The first-order valence-corrected chi connectivity index (χ1v) is 6.65. The smallest absolute Gasteiger partial charge is 0.331 e.